The van der Waals surface area contributed by atoms with Gasteiger partial charge in [0, 0.05) is 31.3 Å². The Morgan fingerprint density at radius 2 is 2.18 bits per heavy atom. The minimum Gasteiger partial charge on any atom is -0.495 e. The van der Waals surface area contributed by atoms with Gasteiger partial charge in [-0.25, -0.2) is 23.9 Å². The summed E-state index contributed by atoms with van der Waals surface area (Å²) in [6.07, 6.45) is 5.92. The van der Waals surface area contributed by atoms with Crippen LogP contribution in [0.25, 0.3) is 17.0 Å². The highest BCUT2D eigenvalue weighted by Crippen LogP contribution is 2.40. The molecule has 9 heteroatoms. The molecule has 1 saturated heterocycles. The molecular formula is C19H22FN7O. The van der Waals surface area contributed by atoms with Crippen LogP contribution in [0.2, 0.25) is 0 Å². The van der Waals surface area contributed by atoms with Gasteiger partial charge in [0.1, 0.15) is 23.3 Å². The van der Waals surface area contributed by atoms with E-state index >= 15 is 0 Å². The number of imidazole rings is 1. The van der Waals surface area contributed by atoms with Crippen LogP contribution in [-0.4, -0.2) is 57.0 Å². The number of halogens is 1. The van der Waals surface area contributed by atoms with Crippen molar-refractivity contribution >= 4 is 11.6 Å². The van der Waals surface area contributed by atoms with Gasteiger partial charge >= 0.3 is 0 Å². The fourth-order valence-electron chi connectivity index (χ4n) is 3.74. The third-order valence-corrected chi connectivity index (χ3v) is 5.57. The van der Waals surface area contributed by atoms with Crippen molar-refractivity contribution in [1.82, 2.24) is 29.9 Å². The third kappa shape index (κ3) is 2.95. The van der Waals surface area contributed by atoms with E-state index in [1.54, 1.807) is 24.0 Å². The summed E-state index contributed by atoms with van der Waals surface area (Å²) < 4.78 is 21.2. The Morgan fingerprint density at radius 1 is 1.29 bits per heavy atom. The van der Waals surface area contributed by atoms with E-state index in [0.717, 1.165) is 30.0 Å². The summed E-state index contributed by atoms with van der Waals surface area (Å²) in [5.41, 5.74) is 3.12. The van der Waals surface area contributed by atoms with E-state index in [-0.39, 0.29) is 6.04 Å². The lowest BCUT2D eigenvalue weighted by Gasteiger charge is -2.26. The summed E-state index contributed by atoms with van der Waals surface area (Å²) in [5, 5.41) is 10.9. The van der Waals surface area contributed by atoms with Crippen molar-refractivity contribution in [1.29, 1.82) is 0 Å². The van der Waals surface area contributed by atoms with Crippen LogP contribution in [-0.2, 0) is 0 Å². The molecular weight excluding hydrogens is 361 g/mol. The number of alkyl halides is 1. The number of hydrogen-bond acceptors (Lipinski definition) is 7. The Labute approximate surface area is 161 Å². The van der Waals surface area contributed by atoms with E-state index in [2.05, 4.69) is 25.6 Å². The molecule has 28 heavy (non-hydrogen) atoms. The molecule has 4 heterocycles. The van der Waals surface area contributed by atoms with Crippen LogP contribution in [0, 0.1) is 0 Å². The second-order valence-electron chi connectivity index (χ2n) is 7.33. The van der Waals surface area contributed by atoms with E-state index < -0.39 is 6.17 Å². The number of methoxy groups -OCH3 is 1. The molecule has 0 radical (unpaired) electrons. The van der Waals surface area contributed by atoms with Crippen molar-refractivity contribution in [2.45, 2.75) is 37.4 Å². The normalized spacial score (nSPS) is 22.4. The van der Waals surface area contributed by atoms with Gasteiger partial charge in [-0.2, -0.15) is 5.10 Å². The van der Waals surface area contributed by atoms with Crippen molar-refractivity contribution in [3.05, 3.63) is 30.2 Å². The Bertz CT molecular complexity index is 1000. The second-order valence-corrected chi connectivity index (χ2v) is 7.33. The number of fused-ring (bicyclic) bond motifs is 1. The maximum absolute atomic E-state index is 13.9. The van der Waals surface area contributed by atoms with Crippen molar-refractivity contribution < 1.29 is 9.13 Å². The molecule has 0 amide bonds. The Hall–Kier alpha value is -2.81. The molecule has 2 atom stereocenters. The monoisotopic (exact) mass is 383 g/mol. The van der Waals surface area contributed by atoms with Crippen LogP contribution in [0.3, 0.4) is 0 Å². The minimum absolute atomic E-state index is 0.329. The molecule has 146 valence electrons. The number of ether oxygens (including phenoxy) is 1. The molecule has 2 aliphatic rings. The van der Waals surface area contributed by atoms with Crippen LogP contribution in [0.1, 0.15) is 30.9 Å². The topological polar surface area (TPSA) is 89.3 Å². The number of anilines is 1. The molecule has 1 aliphatic heterocycles. The van der Waals surface area contributed by atoms with Gasteiger partial charge in [0.05, 0.1) is 25.0 Å². The van der Waals surface area contributed by atoms with Gasteiger partial charge in [-0.15, -0.1) is 0 Å². The molecule has 3 aromatic heterocycles. The molecule has 2 N–H and O–H groups in total. The first kappa shape index (κ1) is 17.3. The standard InChI is InChI=1S/C19H22FN7O/c1-28-16-7-17-23-10-15(27(17)26-18(16)11-3-2-4-11)13-5-6-22-19(24-13)25-14-9-21-8-12(14)20/h5-7,10-12,14,21H,2-4,8-9H2,1H3,(H,22,24,25). The molecule has 1 saturated carbocycles. The van der Waals surface area contributed by atoms with Crippen molar-refractivity contribution in [2.24, 2.45) is 0 Å². The Morgan fingerprint density at radius 3 is 2.89 bits per heavy atom. The highest BCUT2D eigenvalue weighted by atomic mass is 19.1. The second kappa shape index (κ2) is 6.97. The first-order valence-electron chi connectivity index (χ1n) is 9.60. The zero-order chi connectivity index (χ0) is 19.1. The molecule has 0 bridgehead atoms. The predicted molar refractivity (Wildman–Crippen MR) is 102 cm³/mol. The quantitative estimate of drug-likeness (QED) is 0.698. The number of nitrogens with one attached hydrogen (secondary N) is 2. The van der Waals surface area contributed by atoms with Gasteiger partial charge in [-0.05, 0) is 18.9 Å². The van der Waals surface area contributed by atoms with E-state index in [9.17, 15) is 4.39 Å². The molecule has 1 aliphatic carbocycles. The third-order valence-electron chi connectivity index (χ3n) is 5.57. The van der Waals surface area contributed by atoms with Gasteiger partial charge in [-0.3, -0.25) is 0 Å². The molecule has 3 aromatic rings. The van der Waals surface area contributed by atoms with Crippen molar-refractivity contribution in [3.8, 4) is 17.1 Å². The summed E-state index contributed by atoms with van der Waals surface area (Å²) in [4.78, 5) is 13.3. The number of aromatic nitrogens is 5. The van der Waals surface area contributed by atoms with Crippen LogP contribution < -0.4 is 15.4 Å². The zero-order valence-electron chi connectivity index (χ0n) is 15.6. The number of hydrogen-bond donors (Lipinski definition) is 2. The Balaban J connectivity index is 1.51. The summed E-state index contributed by atoms with van der Waals surface area (Å²) in [7, 11) is 1.66. The van der Waals surface area contributed by atoms with Gasteiger partial charge in [0.2, 0.25) is 5.95 Å². The van der Waals surface area contributed by atoms with Crippen LogP contribution >= 0.6 is 0 Å². The van der Waals surface area contributed by atoms with E-state index in [0.29, 0.717) is 36.3 Å². The van der Waals surface area contributed by atoms with Gasteiger partial charge in [0.25, 0.3) is 0 Å². The lowest BCUT2D eigenvalue weighted by Crippen LogP contribution is -2.30. The fraction of sp³-hybridized carbons (Fsp3) is 0.474. The molecule has 0 spiro atoms. The van der Waals surface area contributed by atoms with Gasteiger partial charge < -0.3 is 15.4 Å². The lowest BCUT2D eigenvalue weighted by atomic mass is 9.82. The maximum atomic E-state index is 13.9. The van der Waals surface area contributed by atoms with Crippen LogP contribution in [0.4, 0.5) is 10.3 Å². The van der Waals surface area contributed by atoms with Gasteiger partial charge in [0.15, 0.2) is 5.65 Å². The van der Waals surface area contributed by atoms with Crippen LogP contribution in [0.15, 0.2) is 24.5 Å². The van der Waals surface area contributed by atoms with E-state index in [1.807, 2.05) is 12.1 Å². The summed E-state index contributed by atoms with van der Waals surface area (Å²) in [5.74, 6) is 1.60. The molecule has 0 aromatic carbocycles. The SMILES string of the molecule is COc1cc2ncc(-c3ccnc(NC4CNCC4F)n3)n2nc1C1CCC1. The average Bonchev–Trinajstić information content (AvgIpc) is 3.26. The predicted octanol–water partition coefficient (Wildman–Crippen LogP) is 2.18. The van der Waals surface area contributed by atoms with E-state index in [4.69, 9.17) is 9.84 Å². The zero-order valence-corrected chi connectivity index (χ0v) is 15.6. The molecule has 8 nitrogen and oxygen atoms in total. The maximum Gasteiger partial charge on any atom is 0.223 e. The molecule has 5 rings (SSSR count). The van der Waals surface area contributed by atoms with Crippen molar-refractivity contribution in [3.63, 3.8) is 0 Å². The summed E-state index contributed by atoms with van der Waals surface area (Å²) in [6.45, 7) is 0.900. The highest BCUT2D eigenvalue weighted by molar-refractivity contribution is 5.61. The first-order valence-corrected chi connectivity index (χ1v) is 9.60. The highest BCUT2D eigenvalue weighted by Gasteiger charge is 2.28. The van der Waals surface area contributed by atoms with E-state index in [1.165, 1.54) is 6.42 Å². The van der Waals surface area contributed by atoms with Crippen molar-refractivity contribution in [2.75, 3.05) is 25.5 Å². The molecule has 2 unspecified atom stereocenters. The lowest BCUT2D eigenvalue weighted by molar-refractivity contribution is 0.342. The summed E-state index contributed by atoms with van der Waals surface area (Å²) >= 11 is 0. The number of rotatable bonds is 5. The summed E-state index contributed by atoms with van der Waals surface area (Å²) in [6, 6.07) is 3.40. The largest absolute Gasteiger partial charge is 0.495 e. The first-order chi connectivity index (χ1) is 13.7. The Kier molecular flexibility index (Phi) is 4.31. The van der Waals surface area contributed by atoms with Gasteiger partial charge in [-0.1, -0.05) is 6.42 Å². The smallest absolute Gasteiger partial charge is 0.223 e. The number of nitrogens with zero attached hydrogens (tertiary/aromatic N) is 5. The minimum atomic E-state index is -0.956. The average molecular weight is 383 g/mol. The fourth-order valence-corrected chi connectivity index (χ4v) is 3.74. The van der Waals surface area contributed by atoms with Crippen LogP contribution in [0.5, 0.6) is 5.75 Å². The molecule has 2 fully saturated rings.